The minimum atomic E-state index is -0.464. The van der Waals surface area contributed by atoms with E-state index in [4.69, 9.17) is 0 Å². The maximum atomic E-state index is 12.1. The number of rotatable bonds is 3. The molecule has 1 aliphatic rings. The Hall–Kier alpha value is -2.02. The highest BCUT2D eigenvalue weighted by atomic mass is 32.2. The zero-order chi connectivity index (χ0) is 14.7. The van der Waals surface area contributed by atoms with Crippen LogP contribution in [0.3, 0.4) is 0 Å². The molecule has 110 valence electrons. The maximum Gasteiger partial charge on any atom is 0.243 e. The van der Waals surface area contributed by atoms with Crippen molar-refractivity contribution in [3.8, 4) is 0 Å². The van der Waals surface area contributed by atoms with Crippen LogP contribution in [0.5, 0.6) is 0 Å². The van der Waals surface area contributed by atoms with E-state index in [2.05, 4.69) is 20.6 Å². The van der Waals surface area contributed by atoms with Gasteiger partial charge in [-0.2, -0.15) is 11.8 Å². The van der Waals surface area contributed by atoms with Crippen molar-refractivity contribution in [2.24, 2.45) is 0 Å². The minimum Gasteiger partial charge on any atom is -0.347 e. The van der Waals surface area contributed by atoms with Gasteiger partial charge < -0.3 is 15.6 Å². The average molecular weight is 304 g/mol. The van der Waals surface area contributed by atoms with Crippen molar-refractivity contribution in [3.05, 3.63) is 30.1 Å². The predicted octanol–water partition coefficient (Wildman–Crippen LogP) is 0.801. The summed E-state index contributed by atoms with van der Waals surface area (Å²) in [4.78, 5) is 31.1. The van der Waals surface area contributed by atoms with Gasteiger partial charge in [-0.25, -0.2) is 4.98 Å². The lowest BCUT2D eigenvalue weighted by atomic mass is 10.3. The Morgan fingerprint density at radius 3 is 3.14 bits per heavy atom. The van der Waals surface area contributed by atoms with Crippen LogP contribution in [-0.2, 0) is 16.1 Å². The Morgan fingerprint density at radius 1 is 1.43 bits per heavy atom. The molecule has 1 fully saturated rings. The number of aromatic amines is 1. The van der Waals surface area contributed by atoms with Gasteiger partial charge in [0.05, 0.1) is 17.6 Å². The summed E-state index contributed by atoms with van der Waals surface area (Å²) in [6.45, 7) is 0.324. The van der Waals surface area contributed by atoms with E-state index in [0.717, 1.165) is 16.8 Å². The molecule has 3 rings (SSSR count). The fraction of sp³-hybridized carbons (Fsp3) is 0.357. The molecule has 1 aliphatic heterocycles. The summed E-state index contributed by atoms with van der Waals surface area (Å²) in [5.41, 5.74) is 1.82. The van der Waals surface area contributed by atoms with E-state index < -0.39 is 6.04 Å². The van der Waals surface area contributed by atoms with E-state index >= 15 is 0 Å². The van der Waals surface area contributed by atoms with Crippen molar-refractivity contribution in [3.63, 3.8) is 0 Å². The van der Waals surface area contributed by atoms with Crippen molar-refractivity contribution in [1.29, 1.82) is 0 Å². The molecule has 2 aromatic rings. The molecule has 1 aromatic heterocycles. The van der Waals surface area contributed by atoms with Crippen LogP contribution in [0.25, 0.3) is 11.0 Å². The highest BCUT2D eigenvalue weighted by molar-refractivity contribution is 7.99. The molecule has 6 nitrogen and oxygen atoms in total. The second-order valence-electron chi connectivity index (χ2n) is 4.86. The van der Waals surface area contributed by atoms with Gasteiger partial charge >= 0.3 is 0 Å². The zero-order valence-electron chi connectivity index (χ0n) is 11.4. The summed E-state index contributed by atoms with van der Waals surface area (Å²) in [5, 5.41) is 5.56. The summed E-state index contributed by atoms with van der Waals surface area (Å²) < 4.78 is 0. The molecule has 2 amide bonds. The standard InChI is InChI=1S/C14H16N4O2S/c19-13-5-6-21-8-11(18-13)14(20)15-7-12-16-9-3-1-2-4-10(9)17-12/h1-4,11H,5-8H2,(H,15,20)(H,16,17)(H,18,19)/t11-/m0/s1. The molecule has 0 bridgehead atoms. The number of nitrogens with one attached hydrogen (secondary N) is 3. The SMILES string of the molecule is O=C1CCSC[C@@H](C(=O)NCc2nc3ccccc3[nH]2)N1. The monoisotopic (exact) mass is 304 g/mol. The Balaban J connectivity index is 1.61. The second kappa shape index (κ2) is 6.17. The van der Waals surface area contributed by atoms with Crippen LogP contribution in [0.2, 0.25) is 0 Å². The first kappa shape index (κ1) is 13.9. The van der Waals surface area contributed by atoms with E-state index in [1.165, 1.54) is 0 Å². The molecular weight excluding hydrogens is 288 g/mol. The quantitative estimate of drug-likeness (QED) is 0.783. The molecule has 0 saturated carbocycles. The topological polar surface area (TPSA) is 86.9 Å². The molecule has 0 radical (unpaired) electrons. The minimum absolute atomic E-state index is 0.0658. The zero-order valence-corrected chi connectivity index (χ0v) is 12.2. The number of fused-ring (bicyclic) bond motifs is 1. The number of nitrogens with zero attached hydrogens (tertiary/aromatic N) is 1. The van der Waals surface area contributed by atoms with Gasteiger partial charge in [-0.1, -0.05) is 12.1 Å². The van der Waals surface area contributed by atoms with Gasteiger partial charge in [0.15, 0.2) is 0 Å². The van der Waals surface area contributed by atoms with Gasteiger partial charge in [0.2, 0.25) is 11.8 Å². The number of aromatic nitrogens is 2. The molecule has 1 atom stereocenters. The first-order valence-electron chi connectivity index (χ1n) is 6.81. The van der Waals surface area contributed by atoms with Gasteiger partial charge in [0.25, 0.3) is 0 Å². The number of hydrogen-bond acceptors (Lipinski definition) is 4. The Kier molecular flexibility index (Phi) is 4.10. The lowest BCUT2D eigenvalue weighted by molar-refractivity contribution is -0.128. The Bertz CT molecular complexity index is 637. The van der Waals surface area contributed by atoms with Crippen molar-refractivity contribution < 1.29 is 9.59 Å². The molecule has 0 aliphatic carbocycles. The number of para-hydroxylation sites is 2. The molecule has 7 heteroatoms. The highest BCUT2D eigenvalue weighted by Gasteiger charge is 2.23. The number of hydrogen-bond donors (Lipinski definition) is 3. The molecule has 0 unspecified atom stereocenters. The summed E-state index contributed by atoms with van der Waals surface area (Å²) >= 11 is 1.61. The van der Waals surface area contributed by atoms with Crippen LogP contribution < -0.4 is 10.6 Å². The molecule has 1 saturated heterocycles. The third-order valence-corrected chi connectivity index (χ3v) is 4.34. The van der Waals surface area contributed by atoms with E-state index in [9.17, 15) is 9.59 Å². The lowest BCUT2D eigenvalue weighted by Gasteiger charge is -2.14. The largest absolute Gasteiger partial charge is 0.347 e. The van der Waals surface area contributed by atoms with Gasteiger partial charge in [-0.15, -0.1) is 0 Å². The van der Waals surface area contributed by atoms with Crippen molar-refractivity contribution >= 4 is 34.6 Å². The lowest BCUT2D eigenvalue weighted by Crippen LogP contribution is -2.47. The summed E-state index contributed by atoms with van der Waals surface area (Å²) in [7, 11) is 0. The van der Waals surface area contributed by atoms with E-state index in [1.807, 2.05) is 24.3 Å². The number of benzene rings is 1. The third-order valence-electron chi connectivity index (χ3n) is 3.28. The van der Waals surface area contributed by atoms with E-state index in [-0.39, 0.29) is 11.8 Å². The number of amides is 2. The third kappa shape index (κ3) is 3.36. The van der Waals surface area contributed by atoms with Gasteiger partial charge in [0, 0.05) is 17.9 Å². The molecule has 3 N–H and O–H groups in total. The predicted molar refractivity (Wildman–Crippen MR) is 81.8 cm³/mol. The fourth-order valence-electron chi connectivity index (χ4n) is 2.20. The van der Waals surface area contributed by atoms with Gasteiger partial charge in [-0.3, -0.25) is 9.59 Å². The number of carbonyl (C=O) groups is 2. The van der Waals surface area contributed by atoms with Crippen LogP contribution >= 0.6 is 11.8 Å². The van der Waals surface area contributed by atoms with Gasteiger partial charge in [0.1, 0.15) is 11.9 Å². The van der Waals surface area contributed by atoms with Crippen LogP contribution in [-0.4, -0.2) is 39.3 Å². The van der Waals surface area contributed by atoms with Crippen LogP contribution in [0.4, 0.5) is 0 Å². The molecule has 1 aromatic carbocycles. The molecule has 2 heterocycles. The van der Waals surface area contributed by atoms with Gasteiger partial charge in [-0.05, 0) is 12.1 Å². The van der Waals surface area contributed by atoms with Crippen molar-refractivity contribution in [1.82, 2.24) is 20.6 Å². The first-order valence-corrected chi connectivity index (χ1v) is 7.96. The van der Waals surface area contributed by atoms with Crippen molar-refractivity contribution in [2.75, 3.05) is 11.5 Å². The smallest absolute Gasteiger partial charge is 0.243 e. The highest BCUT2D eigenvalue weighted by Crippen LogP contribution is 2.11. The Labute approximate surface area is 126 Å². The molecular formula is C14H16N4O2S. The first-order chi connectivity index (χ1) is 10.2. The van der Waals surface area contributed by atoms with Crippen molar-refractivity contribution in [2.45, 2.75) is 19.0 Å². The Morgan fingerprint density at radius 2 is 2.29 bits per heavy atom. The van der Waals surface area contributed by atoms with Crippen LogP contribution in [0, 0.1) is 0 Å². The maximum absolute atomic E-state index is 12.1. The summed E-state index contributed by atoms with van der Waals surface area (Å²) in [5.74, 6) is 1.84. The summed E-state index contributed by atoms with van der Waals surface area (Å²) in [6.07, 6.45) is 0.470. The number of thioether (sulfide) groups is 1. The fourth-order valence-corrected chi connectivity index (χ4v) is 3.17. The molecule has 21 heavy (non-hydrogen) atoms. The number of imidazole rings is 1. The normalized spacial score (nSPS) is 19.0. The number of carbonyl (C=O) groups excluding carboxylic acids is 2. The van der Waals surface area contributed by atoms with Crippen LogP contribution in [0.1, 0.15) is 12.2 Å². The average Bonchev–Trinajstić information content (AvgIpc) is 2.78. The van der Waals surface area contributed by atoms with Crippen LogP contribution in [0.15, 0.2) is 24.3 Å². The second-order valence-corrected chi connectivity index (χ2v) is 6.01. The number of H-pyrrole nitrogens is 1. The van der Waals surface area contributed by atoms with E-state index in [0.29, 0.717) is 24.5 Å². The summed E-state index contributed by atoms with van der Waals surface area (Å²) in [6, 6.07) is 7.24. The van der Waals surface area contributed by atoms with E-state index in [1.54, 1.807) is 11.8 Å². The molecule has 0 spiro atoms.